The number of aromatic nitrogens is 3. The van der Waals surface area contributed by atoms with Gasteiger partial charge < -0.3 is 20.4 Å². The number of aromatic amines is 1. The fourth-order valence-electron chi connectivity index (χ4n) is 5.92. The number of nitrogens with zero attached hydrogens (tertiary/aromatic N) is 4. The molecule has 1 unspecified atom stereocenters. The Labute approximate surface area is 270 Å². The highest BCUT2D eigenvalue weighted by atomic mass is 16.5. The number of rotatable bonds is 12. The molecule has 1 aliphatic rings. The van der Waals surface area contributed by atoms with Crippen molar-refractivity contribution in [3.63, 3.8) is 0 Å². The van der Waals surface area contributed by atoms with E-state index in [-0.39, 0.29) is 10.8 Å². The molecule has 1 atom stereocenters. The average molecular weight is 613 g/mol. The van der Waals surface area contributed by atoms with Crippen molar-refractivity contribution in [1.82, 2.24) is 19.9 Å². The Balaban J connectivity index is 0.00000152. The summed E-state index contributed by atoms with van der Waals surface area (Å²) in [4.78, 5) is 18.0. The minimum atomic E-state index is 0.130. The maximum Gasteiger partial charge on any atom is 0.150 e. The molecular weight excluding hydrogens is 544 g/mol. The van der Waals surface area contributed by atoms with Crippen LogP contribution in [0, 0.1) is 16.7 Å². The highest BCUT2D eigenvalue weighted by Crippen LogP contribution is 2.31. The topological polar surface area (TPSA) is 83.3 Å². The van der Waals surface area contributed by atoms with Gasteiger partial charge in [-0.05, 0) is 42.4 Å². The van der Waals surface area contributed by atoms with E-state index in [2.05, 4.69) is 86.4 Å². The minimum Gasteiger partial charge on any atom is -0.382 e. The van der Waals surface area contributed by atoms with Gasteiger partial charge in [-0.1, -0.05) is 96.4 Å². The Morgan fingerprint density at radius 1 is 0.909 bits per heavy atom. The fourth-order valence-corrected chi connectivity index (χ4v) is 5.92. The molecule has 0 aliphatic carbocycles. The number of imidazole rings is 1. The van der Waals surface area contributed by atoms with Gasteiger partial charge in [-0.2, -0.15) is 0 Å². The Morgan fingerprint density at radius 2 is 1.52 bits per heavy atom. The molecule has 1 aliphatic heterocycles. The number of nitrogens with two attached hydrogens (primary N) is 1. The van der Waals surface area contributed by atoms with E-state index in [1.165, 1.54) is 18.5 Å². The molecule has 0 spiro atoms. The molecule has 0 bridgehead atoms. The van der Waals surface area contributed by atoms with Crippen molar-refractivity contribution in [3.05, 3.63) is 24.0 Å². The zero-order chi connectivity index (χ0) is 33.5. The first kappa shape index (κ1) is 39.6. The molecule has 0 amide bonds. The molecule has 3 N–H and O–H groups in total. The van der Waals surface area contributed by atoms with E-state index in [0.717, 1.165) is 92.5 Å². The molecule has 252 valence electrons. The fraction of sp³-hybridized carbons (Fsp3) is 0.730. The largest absolute Gasteiger partial charge is 0.382 e. The highest BCUT2D eigenvalue weighted by molar-refractivity contribution is 6.07. The van der Waals surface area contributed by atoms with Crippen LogP contribution in [0.3, 0.4) is 0 Å². The van der Waals surface area contributed by atoms with E-state index < -0.39 is 0 Å². The summed E-state index contributed by atoms with van der Waals surface area (Å²) in [5.74, 6) is 2.25. The third-order valence-corrected chi connectivity index (χ3v) is 7.94. The van der Waals surface area contributed by atoms with E-state index in [1.807, 2.05) is 41.5 Å². The van der Waals surface area contributed by atoms with Crippen molar-refractivity contribution in [2.24, 2.45) is 16.7 Å². The van der Waals surface area contributed by atoms with Crippen molar-refractivity contribution in [2.75, 3.05) is 56.6 Å². The Morgan fingerprint density at radius 3 is 2.11 bits per heavy atom. The SMILES string of the molecule is CC.CC.CC.CCCc1nc2c([nH]1)c(N)nc1ccc(N3CCN(CC(C)(C)COCC(C)(C)CC(C)CC)CC3)cc12. The van der Waals surface area contributed by atoms with Crippen molar-refractivity contribution in [2.45, 2.75) is 116 Å². The molecular formula is C37H68N6O. The van der Waals surface area contributed by atoms with Crippen molar-refractivity contribution >= 4 is 33.4 Å². The predicted molar refractivity (Wildman–Crippen MR) is 195 cm³/mol. The van der Waals surface area contributed by atoms with Crippen LogP contribution in [0.25, 0.3) is 21.9 Å². The van der Waals surface area contributed by atoms with E-state index in [0.29, 0.717) is 5.82 Å². The highest BCUT2D eigenvalue weighted by Gasteiger charge is 2.27. The standard InChI is InChI=1S/C31H50N6O.3C2H6/c1-8-10-26-34-27-24-17-23(11-12-25(24)33-29(32)28(27)35-26)37-15-13-36(14-16-37)19-31(6,7)21-38-20-30(4,5)18-22(3)9-2;3*1-2/h11-12,17,22H,8-10,13-16,18-21H2,1-7H3,(H2,32,33)(H,34,35);3*1-2H3. The van der Waals surface area contributed by atoms with Crippen LogP contribution in [0.4, 0.5) is 11.5 Å². The zero-order valence-electron chi connectivity index (χ0n) is 30.9. The number of pyridine rings is 1. The Kier molecular flexibility index (Phi) is 17.3. The van der Waals surface area contributed by atoms with Crippen molar-refractivity contribution < 1.29 is 4.74 Å². The van der Waals surface area contributed by atoms with Crippen LogP contribution >= 0.6 is 0 Å². The molecule has 2 aromatic heterocycles. The number of fused-ring (bicyclic) bond motifs is 3. The summed E-state index contributed by atoms with van der Waals surface area (Å²) in [6.07, 6.45) is 4.41. The maximum absolute atomic E-state index is 6.28. The number of anilines is 2. The third-order valence-electron chi connectivity index (χ3n) is 7.94. The van der Waals surface area contributed by atoms with Crippen molar-refractivity contribution in [1.29, 1.82) is 0 Å². The molecule has 1 saturated heterocycles. The van der Waals surface area contributed by atoms with Gasteiger partial charge >= 0.3 is 0 Å². The van der Waals surface area contributed by atoms with Gasteiger partial charge in [-0.3, -0.25) is 4.90 Å². The van der Waals surface area contributed by atoms with Crippen LogP contribution in [0.5, 0.6) is 0 Å². The second-order valence-electron chi connectivity index (χ2n) is 13.2. The molecule has 0 radical (unpaired) electrons. The first-order valence-corrected chi connectivity index (χ1v) is 17.6. The molecule has 1 aromatic carbocycles. The van der Waals surface area contributed by atoms with E-state index >= 15 is 0 Å². The molecule has 44 heavy (non-hydrogen) atoms. The summed E-state index contributed by atoms with van der Waals surface area (Å²) in [7, 11) is 0. The summed E-state index contributed by atoms with van der Waals surface area (Å²) in [6, 6.07) is 6.51. The number of hydrogen-bond acceptors (Lipinski definition) is 6. The number of hydrogen-bond donors (Lipinski definition) is 2. The normalized spacial score (nSPS) is 14.7. The van der Waals surface area contributed by atoms with Crippen LogP contribution in [-0.2, 0) is 11.2 Å². The summed E-state index contributed by atoms with van der Waals surface area (Å²) >= 11 is 0. The molecule has 3 heterocycles. The quantitative estimate of drug-likeness (QED) is 0.212. The van der Waals surface area contributed by atoms with Gasteiger partial charge in [0, 0.05) is 55.6 Å². The lowest BCUT2D eigenvalue weighted by atomic mass is 9.83. The number of H-pyrrole nitrogens is 1. The minimum absolute atomic E-state index is 0.130. The summed E-state index contributed by atoms with van der Waals surface area (Å²) in [5, 5.41) is 1.07. The number of piperazine rings is 1. The first-order valence-electron chi connectivity index (χ1n) is 17.6. The number of aryl methyl sites for hydroxylation is 1. The van der Waals surface area contributed by atoms with E-state index in [4.69, 9.17) is 15.5 Å². The number of nitrogens with one attached hydrogen (secondary N) is 1. The van der Waals surface area contributed by atoms with Crippen LogP contribution in [0.2, 0.25) is 0 Å². The first-order chi connectivity index (χ1) is 21.0. The molecule has 7 heteroatoms. The monoisotopic (exact) mass is 613 g/mol. The smallest absolute Gasteiger partial charge is 0.150 e. The molecule has 1 fully saturated rings. The van der Waals surface area contributed by atoms with E-state index in [9.17, 15) is 0 Å². The Hall–Kier alpha value is -2.38. The second-order valence-corrected chi connectivity index (χ2v) is 13.2. The average Bonchev–Trinajstić information content (AvgIpc) is 3.45. The van der Waals surface area contributed by atoms with Crippen LogP contribution in [0.1, 0.15) is 115 Å². The van der Waals surface area contributed by atoms with Gasteiger partial charge in [-0.25, -0.2) is 9.97 Å². The third kappa shape index (κ3) is 11.5. The lowest BCUT2D eigenvalue weighted by Gasteiger charge is -2.40. The lowest BCUT2D eigenvalue weighted by molar-refractivity contribution is -0.00459. The summed E-state index contributed by atoms with van der Waals surface area (Å²) in [6.45, 7) is 35.0. The zero-order valence-corrected chi connectivity index (χ0v) is 30.9. The lowest BCUT2D eigenvalue weighted by Crippen LogP contribution is -2.49. The van der Waals surface area contributed by atoms with Gasteiger partial charge in [0.15, 0.2) is 0 Å². The predicted octanol–water partition coefficient (Wildman–Crippen LogP) is 9.35. The Bertz CT molecular complexity index is 1210. The van der Waals surface area contributed by atoms with Gasteiger partial charge in [0.1, 0.15) is 22.7 Å². The van der Waals surface area contributed by atoms with Gasteiger partial charge in [0.05, 0.1) is 18.7 Å². The number of ether oxygens (including phenoxy) is 1. The maximum atomic E-state index is 6.28. The van der Waals surface area contributed by atoms with Crippen LogP contribution < -0.4 is 10.6 Å². The molecule has 0 saturated carbocycles. The molecule has 4 rings (SSSR count). The van der Waals surface area contributed by atoms with Crippen molar-refractivity contribution in [3.8, 4) is 0 Å². The summed E-state index contributed by atoms with van der Waals surface area (Å²) < 4.78 is 6.28. The van der Waals surface area contributed by atoms with E-state index in [1.54, 1.807) is 0 Å². The molecule has 3 aromatic rings. The van der Waals surface area contributed by atoms with Gasteiger partial charge in [-0.15, -0.1) is 0 Å². The number of nitrogen functional groups attached to an aromatic ring is 1. The van der Waals surface area contributed by atoms with Crippen LogP contribution in [0.15, 0.2) is 18.2 Å². The van der Waals surface area contributed by atoms with Gasteiger partial charge in [0.25, 0.3) is 0 Å². The molecule has 7 nitrogen and oxygen atoms in total. The number of benzene rings is 1. The van der Waals surface area contributed by atoms with Gasteiger partial charge in [0.2, 0.25) is 0 Å². The summed E-state index contributed by atoms with van der Waals surface area (Å²) in [5.41, 5.74) is 10.5. The second kappa shape index (κ2) is 19.2. The van der Waals surface area contributed by atoms with Crippen LogP contribution in [-0.4, -0.2) is 65.8 Å².